The van der Waals surface area contributed by atoms with Crippen LogP contribution in [0.5, 0.6) is 5.75 Å². The molecule has 6 heteroatoms. The van der Waals surface area contributed by atoms with E-state index in [1.807, 2.05) is 37.3 Å². The maximum Gasteiger partial charge on any atom is 0.269 e. The van der Waals surface area contributed by atoms with Crippen LogP contribution in [-0.2, 0) is 6.42 Å². The summed E-state index contributed by atoms with van der Waals surface area (Å²) in [6.45, 7) is 2.29. The summed E-state index contributed by atoms with van der Waals surface area (Å²) in [6, 6.07) is 15.8. The summed E-state index contributed by atoms with van der Waals surface area (Å²) in [5, 5.41) is 10.6. The van der Waals surface area contributed by atoms with Crippen molar-refractivity contribution in [2.45, 2.75) is 13.3 Å². The molecule has 24 heavy (non-hydrogen) atoms. The minimum absolute atomic E-state index is 0.0400. The molecule has 0 fully saturated rings. The van der Waals surface area contributed by atoms with Crippen LogP contribution in [0.2, 0.25) is 0 Å². The Morgan fingerprint density at radius 1 is 1.12 bits per heavy atom. The molecule has 0 aliphatic rings. The molecule has 122 valence electrons. The lowest BCUT2D eigenvalue weighted by Crippen LogP contribution is -2.01. The van der Waals surface area contributed by atoms with Crippen molar-refractivity contribution >= 4 is 5.69 Å². The lowest BCUT2D eigenvalue weighted by Gasteiger charge is -2.03. The minimum Gasteiger partial charge on any atom is -0.493 e. The quantitative estimate of drug-likeness (QED) is 0.502. The molecule has 0 atom stereocenters. The monoisotopic (exact) mass is 324 g/mol. The van der Waals surface area contributed by atoms with Gasteiger partial charge in [-0.05, 0) is 19.1 Å². The molecule has 0 radical (unpaired) electrons. The van der Waals surface area contributed by atoms with Crippen molar-refractivity contribution in [1.82, 2.24) is 4.98 Å². The highest BCUT2D eigenvalue weighted by Gasteiger charge is 2.11. The summed E-state index contributed by atoms with van der Waals surface area (Å²) in [5.74, 6) is 1.95. The van der Waals surface area contributed by atoms with E-state index in [1.54, 1.807) is 12.1 Å². The Morgan fingerprint density at radius 3 is 2.50 bits per heavy atom. The van der Waals surface area contributed by atoms with Crippen LogP contribution in [0.3, 0.4) is 0 Å². The molecule has 0 saturated carbocycles. The number of non-ortho nitro benzene ring substituents is 1. The topological polar surface area (TPSA) is 78.4 Å². The first-order chi connectivity index (χ1) is 11.6. The Labute approximate surface area is 138 Å². The van der Waals surface area contributed by atoms with E-state index in [1.165, 1.54) is 12.1 Å². The van der Waals surface area contributed by atoms with Gasteiger partial charge in [0.2, 0.25) is 0 Å². The normalized spacial score (nSPS) is 10.5. The standard InChI is InChI=1S/C18H16N2O4/c1-13-18(14-5-3-2-4-6-14)24-17(19-13)11-12-23-16-9-7-15(8-10-16)20(21)22/h2-10H,11-12H2,1H3. The molecule has 0 spiro atoms. The molecule has 0 saturated heterocycles. The largest absolute Gasteiger partial charge is 0.493 e. The predicted octanol–water partition coefficient (Wildman–Crippen LogP) is 4.18. The Morgan fingerprint density at radius 2 is 1.83 bits per heavy atom. The van der Waals surface area contributed by atoms with Crippen molar-refractivity contribution < 1.29 is 14.1 Å². The number of hydrogen-bond donors (Lipinski definition) is 0. The molecule has 6 nitrogen and oxygen atoms in total. The molecule has 0 aliphatic heterocycles. The fourth-order valence-corrected chi connectivity index (χ4v) is 2.34. The van der Waals surface area contributed by atoms with Crippen molar-refractivity contribution in [2.24, 2.45) is 0 Å². The van der Waals surface area contributed by atoms with Crippen molar-refractivity contribution in [3.05, 3.63) is 76.3 Å². The van der Waals surface area contributed by atoms with E-state index < -0.39 is 4.92 Å². The number of aromatic nitrogens is 1. The third-order valence-corrected chi connectivity index (χ3v) is 3.51. The highest BCUT2D eigenvalue weighted by molar-refractivity contribution is 5.59. The molecule has 0 aliphatic carbocycles. The van der Waals surface area contributed by atoms with E-state index in [2.05, 4.69) is 4.98 Å². The van der Waals surface area contributed by atoms with Gasteiger partial charge in [-0.3, -0.25) is 10.1 Å². The molecular formula is C18H16N2O4. The number of rotatable bonds is 6. The number of oxazole rings is 1. The van der Waals surface area contributed by atoms with Gasteiger partial charge in [0.1, 0.15) is 5.75 Å². The number of aryl methyl sites for hydroxylation is 1. The van der Waals surface area contributed by atoms with Gasteiger partial charge in [-0.25, -0.2) is 4.98 Å². The van der Waals surface area contributed by atoms with Crippen LogP contribution in [0.4, 0.5) is 5.69 Å². The van der Waals surface area contributed by atoms with E-state index in [9.17, 15) is 10.1 Å². The van der Waals surface area contributed by atoms with Gasteiger partial charge in [0, 0.05) is 17.7 Å². The van der Waals surface area contributed by atoms with Crippen molar-refractivity contribution in [1.29, 1.82) is 0 Å². The zero-order valence-electron chi connectivity index (χ0n) is 13.1. The molecule has 3 rings (SSSR count). The molecule has 1 aromatic heterocycles. The SMILES string of the molecule is Cc1nc(CCOc2ccc([N+](=O)[O-])cc2)oc1-c1ccccc1. The summed E-state index contributed by atoms with van der Waals surface area (Å²) in [5.41, 5.74) is 1.87. The maximum atomic E-state index is 10.6. The van der Waals surface area contributed by atoms with Crippen LogP contribution in [0.25, 0.3) is 11.3 Å². The average Bonchev–Trinajstić information content (AvgIpc) is 2.97. The molecule has 3 aromatic rings. The zero-order chi connectivity index (χ0) is 16.9. The van der Waals surface area contributed by atoms with Gasteiger partial charge >= 0.3 is 0 Å². The number of nitrogens with zero attached hydrogens (tertiary/aromatic N) is 2. The summed E-state index contributed by atoms with van der Waals surface area (Å²) < 4.78 is 11.4. The van der Waals surface area contributed by atoms with Gasteiger partial charge in [-0.2, -0.15) is 0 Å². The van der Waals surface area contributed by atoms with Crippen LogP contribution < -0.4 is 4.74 Å². The predicted molar refractivity (Wildman–Crippen MR) is 89.0 cm³/mol. The highest BCUT2D eigenvalue weighted by Crippen LogP contribution is 2.24. The molecular weight excluding hydrogens is 308 g/mol. The first kappa shape index (κ1) is 15.7. The van der Waals surface area contributed by atoms with E-state index in [-0.39, 0.29) is 5.69 Å². The van der Waals surface area contributed by atoms with Gasteiger partial charge in [-0.1, -0.05) is 30.3 Å². The van der Waals surface area contributed by atoms with Crippen LogP contribution in [0, 0.1) is 17.0 Å². The molecule has 0 unspecified atom stereocenters. The molecule has 2 aromatic carbocycles. The van der Waals surface area contributed by atoms with Crippen molar-refractivity contribution in [2.75, 3.05) is 6.61 Å². The number of benzene rings is 2. The van der Waals surface area contributed by atoms with Gasteiger partial charge in [0.15, 0.2) is 11.7 Å². The summed E-state index contributed by atoms with van der Waals surface area (Å²) in [6.07, 6.45) is 0.519. The highest BCUT2D eigenvalue weighted by atomic mass is 16.6. The van der Waals surface area contributed by atoms with Gasteiger partial charge in [0.05, 0.1) is 23.6 Å². The first-order valence-corrected chi connectivity index (χ1v) is 7.52. The van der Waals surface area contributed by atoms with E-state index in [4.69, 9.17) is 9.15 Å². The summed E-state index contributed by atoms with van der Waals surface area (Å²) in [4.78, 5) is 14.6. The fourth-order valence-electron chi connectivity index (χ4n) is 2.34. The third-order valence-electron chi connectivity index (χ3n) is 3.51. The number of nitro groups is 1. The van der Waals surface area contributed by atoms with Gasteiger partial charge in [0.25, 0.3) is 5.69 Å². The molecule has 0 amide bonds. The molecule has 0 bridgehead atoms. The second kappa shape index (κ2) is 6.95. The van der Waals surface area contributed by atoms with Crippen LogP contribution in [-0.4, -0.2) is 16.5 Å². The third kappa shape index (κ3) is 3.60. The van der Waals surface area contributed by atoms with Crippen molar-refractivity contribution in [3.8, 4) is 17.1 Å². The van der Waals surface area contributed by atoms with E-state index >= 15 is 0 Å². The Balaban J connectivity index is 1.60. The van der Waals surface area contributed by atoms with E-state index in [0.29, 0.717) is 24.7 Å². The zero-order valence-corrected chi connectivity index (χ0v) is 13.1. The number of nitro benzene ring substituents is 1. The molecule has 0 N–H and O–H groups in total. The lowest BCUT2D eigenvalue weighted by molar-refractivity contribution is -0.384. The van der Waals surface area contributed by atoms with Crippen LogP contribution in [0.1, 0.15) is 11.6 Å². The summed E-state index contributed by atoms with van der Waals surface area (Å²) >= 11 is 0. The summed E-state index contributed by atoms with van der Waals surface area (Å²) in [7, 11) is 0. The lowest BCUT2D eigenvalue weighted by atomic mass is 10.1. The molecule has 1 heterocycles. The second-order valence-corrected chi connectivity index (χ2v) is 5.24. The van der Waals surface area contributed by atoms with Crippen molar-refractivity contribution in [3.63, 3.8) is 0 Å². The Hall–Kier alpha value is -3.15. The second-order valence-electron chi connectivity index (χ2n) is 5.24. The average molecular weight is 324 g/mol. The Bertz CT molecular complexity index is 826. The smallest absolute Gasteiger partial charge is 0.269 e. The minimum atomic E-state index is -0.440. The van der Waals surface area contributed by atoms with Gasteiger partial charge in [-0.15, -0.1) is 0 Å². The number of hydrogen-bond acceptors (Lipinski definition) is 5. The van der Waals surface area contributed by atoms with E-state index in [0.717, 1.165) is 17.0 Å². The van der Waals surface area contributed by atoms with Crippen LogP contribution >= 0.6 is 0 Å². The maximum absolute atomic E-state index is 10.6. The Kier molecular flexibility index (Phi) is 4.56. The number of ether oxygens (including phenoxy) is 1. The van der Waals surface area contributed by atoms with Crippen LogP contribution in [0.15, 0.2) is 59.0 Å². The van der Waals surface area contributed by atoms with Gasteiger partial charge < -0.3 is 9.15 Å². The fraction of sp³-hybridized carbons (Fsp3) is 0.167. The first-order valence-electron chi connectivity index (χ1n) is 7.52.